The molecule has 0 saturated heterocycles. The molecule has 1 aromatic heterocycles. The first-order valence-electron chi connectivity index (χ1n) is 6.60. The van der Waals surface area contributed by atoms with Crippen molar-refractivity contribution in [2.24, 2.45) is 0 Å². The topological polar surface area (TPSA) is 29.9 Å². The Morgan fingerprint density at radius 2 is 2.19 bits per heavy atom. The summed E-state index contributed by atoms with van der Waals surface area (Å²) >= 11 is 0. The van der Waals surface area contributed by atoms with Crippen LogP contribution in [0.3, 0.4) is 0 Å². The maximum absolute atomic E-state index is 4.54. The van der Waals surface area contributed by atoms with Gasteiger partial charge in [0.15, 0.2) is 0 Å². The van der Waals surface area contributed by atoms with Gasteiger partial charge in [-0.05, 0) is 26.2 Å². The van der Waals surface area contributed by atoms with Crippen molar-refractivity contribution in [3.8, 4) is 0 Å². The Labute approximate surface area is 98.3 Å². The van der Waals surface area contributed by atoms with Gasteiger partial charge in [-0.3, -0.25) is 0 Å². The Morgan fingerprint density at radius 1 is 1.38 bits per heavy atom. The number of aryl methyl sites for hydroxylation is 1. The molecule has 0 radical (unpaired) electrons. The Morgan fingerprint density at radius 3 is 2.88 bits per heavy atom. The highest BCUT2D eigenvalue weighted by Crippen LogP contribution is 2.37. The standard InChI is InChI=1S/C13H23N3/c1-3-4-5-6-9-14-13-15-11(2)10-16(13)12-7-8-12/h10,12H,3-9H2,1-2H3,(H,14,15). The normalized spacial score (nSPS) is 15.4. The Hall–Kier alpha value is -0.990. The van der Waals surface area contributed by atoms with Crippen LogP contribution >= 0.6 is 0 Å². The molecule has 0 atom stereocenters. The molecule has 2 rings (SSSR count). The molecule has 1 N–H and O–H groups in total. The molecule has 0 spiro atoms. The van der Waals surface area contributed by atoms with E-state index in [-0.39, 0.29) is 0 Å². The lowest BCUT2D eigenvalue weighted by Crippen LogP contribution is -2.07. The second-order valence-corrected chi connectivity index (χ2v) is 4.83. The fourth-order valence-corrected chi connectivity index (χ4v) is 2.03. The van der Waals surface area contributed by atoms with E-state index in [1.165, 1.54) is 38.5 Å². The van der Waals surface area contributed by atoms with Gasteiger partial charge in [-0.1, -0.05) is 26.2 Å². The van der Waals surface area contributed by atoms with Crippen LogP contribution in [0.4, 0.5) is 5.95 Å². The molecule has 1 aromatic rings. The fraction of sp³-hybridized carbons (Fsp3) is 0.769. The summed E-state index contributed by atoms with van der Waals surface area (Å²) in [5.41, 5.74) is 1.13. The summed E-state index contributed by atoms with van der Waals surface area (Å²) < 4.78 is 2.31. The molecule has 3 nitrogen and oxygen atoms in total. The average Bonchev–Trinajstić information content (AvgIpc) is 3.03. The van der Waals surface area contributed by atoms with E-state index >= 15 is 0 Å². The maximum Gasteiger partial charge on any atom is 0.203 e. The Kier molecular flexibility index (Phi) is 3.86. The fourth-order valence-electron chi connectivity index (χ4n) is 2.03. The number of unbranched alkanes of at least 4 members (excludes halogenated alkanes) is 3. The van der Waals surface area contributed by atoms with Crippen molar-refractivity contribution in [2.75, 3.05) is 11.9 Å². The smallest absolute Gasteiger partial charge is 0.203 e. The molecule has 1 saturated carbocycles. The zero-order chi connectivity index (χ0) is 11.4. The maximum atomic E-state index is 4.54. The highest BCUT2D eigenvalue weighted by atomic mass is 15.2. The van der Waals surface area contributed by atoms with E-state index in [0.29, 0.717) is 0 Å². The van der Waals surface area contributed by atoms with Gasteiger partial charge < -0.3 is 9.88 Å². The van der Waals surface area contributed by atoms with E-state index in [9.17, 15) is 0 Å². The highest BCUT2D eigenvalue weighted by Gasteiger charge is 2.25. The Bertz CT molecular complexity index is 326. The lowest BCUT2D eigenvalue weighted by molar-refractivity contribution is 0.676. The minimum Gasteiger partial charge on any atom is -0.356 e. The van der Waals surface area contributed by atoms with Crippen molar-refractivity contribution in [1.82, 2.24) is 9.55 Å². The largest absolute Gasteiger partial charge is 0.356 e. The Balaban J connectivity index is 1.79. The van der Waals surface area contributed by atoms with Gasteiger partial charge in [0, 0.05) is 18.8 Å². The van der Waals surface area contributed by atoms with Gasteiger partial charge >= 0.3 is 0 Å². The van der Waals surface area contributed by atoms with Gasteiger partial charge in [0.2, 0.25) is 5.95 Å². The quantitative estimate of drug-likeness (QED) is 0.714. The molecule has 0 unspecified atom stereocenters. The summed E-state index contributed by atoms with van der Waals surface area (Å²) in [6, 6.07) is 0.722. The zero-order valence-electron chi connectivity index (χ0n) is 10.5. The number of hydrogen-bond donors (Lipinski definition) is 1. The van der Waals surface area contributed by atoms with Crippen molar-refractivity contribution in [1.29, 1.82) is 0 Å². The summed E-state index contributed by atoms with van der Waals surface area (Å²) in [6.45, 7) is 5.38. The third-order valence-electron chi connectivity index (χ3n) is 3.11. The molecule has 1 aliphatic rings. The molecule has 0 aliphatic heterocycles. The first-order chi connectivity index (χ1) is 7.81. The minimum absolute atomic E-state index is 0.722. The van der Waals surface area contributed by atoms with Crippen LogP contribution in [0.2, 0.25) is 0 Å². The summed E-state index contributed by atoms with van der Waals surface area (Å²) in [7, 11) is 0. The van der Waals surface area contributed by atoms with E-state index in [0.717, 1.165) is 24.2 Å². The monoisotopic (exact) mass is 221 g/mol. The molecule has 0 amide bonds. The molecule has 1 aliphatic carbocycles. The van der Waals surface area contributed by atoms with Crippen LogP contribution < -0.4 is 5.32 Å². The second-order valence-electron chi connectivity index (χ2n) is 4.83. The third-order valence-corrected chi connectivity index (χ3v) is 3.11. The third kappa shape index (κ3) is 3.00. The zero-order valence-corrected chi connectivity index (χ0v) is 10.5. The number of nitrogens with one attached hydrogen (secondary N) is 1. The van der Waals surface area contributed by atoms with Crippen molar-refractivity contribution >= 4 is 5.95 Å². The van der Waals surface area contributed by atoms with Gasteiger partial charge in [0.05, 0.1) is 5.69 Å². The van der Waals surface area contributed by atoms with Crippen molar-refractivity contribution < 1.29 is 0 Å². The highest BCUT2D eigenvalue weighted by molar-refractivity contribution is 5.30. The molecule has 0 bridgehead atoms. The molecule has 3 heteroatoms. The molecule has 1 heterocycles. The minimum atomic E-state index is 0.722. The molecular formula is C13H23N3. The number of nitrogens with zero attached hydrogens (tertiary/aromatic N) is 2. The van der Waals surface area contributed by atoms with Crippen LogP contribution in [-0.4, -0.2) is 16.1 Å². The summed E-state index contributed by atoms with van der Waals surface area (Å²) in [6.07, 6.45) is 10.0. The van der Waals surface area contributed by atoms with E-state index in [1.807, 2.05) is 0 Å². The number of hydrogen-bond acceptors (Lipinski definition) is 2. The van der Waals surface area contributed by atoms with Crippen molar-refractivity contribution in [3.05, 3.63) is 11.9 Å². The van der Waals surface area contributed by atoms with Crippen LogP contribution in [0.1, 0.15) is 57.2 Å². The van der Waals surface area contributed by atoms with Crippen molar-refractivity contribution in [2.45, 2.75) is 58.4 Å². The summed E-state index contributed by atoms with van der Waals surface area (Å²) in [5, 5.41) is 3.47. The van der Waals surface area contributed by atoms with E-state index in [1.54, 1.807) is 0 Å². The predicted molar refractivity (Wildman–Crippen MR) is 67.9 cm³/mol. The number of aromatic nitrogens is 2. The van der Waals surface area contributed by atoms with Crippen molar-refractivity contribution in [3.63, 3.8) is 0 Å². The van der Waals surface area contributed by atoms with Gasteiger partial charge in [0.1, 0.15) is 0 Å². The first kappa shape index (κ1) is 11.5. The molecule has 1 fully saturated rings. The summed E-state index contributed by atoms with van der Waals surface area (Å²) in [4.78, 5) is 4.54. The van der Waals surface area contributed by atoms with Gasteiger partial charge in [-0.25, -0.2) is 4.98 Å². The SMILES string of the molecule is CCCCCCNc1nc(C)cn1C1CC1. The van der Waals surface area contributed by atoms with Crippen LogP contribution in [0.5, 0.6) is 0 Å². The van der Waals surface area contributed by atoms with Gasteiger partial charge in [0.25, 0.3) is 0 Å². The van der Waals surface area contributed by atoms with Gasteiger partial charge in [-0.15, -0.1) is 0 Å². The van der Waals surface area contributed by atoms with Crippen LogP contribution in [-0.2, 0) is 0 Å². The number of anilines is 1. The molecule has 0 aromatic carbocycles. The molecule has 90 valence electrons. The lowest BCUT2D eigenvalue weighted by Gasteiger charge is -2.08. The van der Waals surface area contributed by atoms with Crippen LogP contribution in [0.15, 0.2) is 6.20 Å². The molecular weight excluding hydrogens is 198 g/mol. The predicted octanol–water partition coefficient (Wildman–Crippen LogP) is 3.52. The molecule has 16 heavy (non-hydrogen) atoms. The average molecular weight is 221 g/mol. The van der Waals surface area contributed by atoms with E-state index < -0.39 is 0 Å². The van der Waals surface area contributed by atoms with Gasteiger partial charge in [-0.2, -0.15) is 0 Å². The second kappa shape index (κ2) is 5.37. The first-order valence-corrected chi connectivity index (χ1v) is 6.60. The van der Waals surface area contributed by atoms with Crippen LogP contribution in [0, 0.1) is 6.92 Å². The lowest BCUT2D eigenvalue weighted by atomic mass is 10.2. The van der Waals surface area contributed by atoms with E-state index in [2.05, 4.69) is 34.9 Å². The number of imidazole rings is 1. The number of rotatable bonds is 7. The van der Waals surface area contributed by atoms with E-state index in [4.69, 9.17) is 0 Å². The van der Waals surface area contributed by atoms with Crippen LogP contribution in [0.25, 0.3) is 0 Å². The summed E-state index contributed by atoms with van der Waals surface area (Å²) in [5.74, 6) is 1.08.